The van der Waals surface area contributed by atoms with E-state index in [1.54, 1.807) is 48.3 Å². The van der Waals surface area contributed by atoms with Crippen LogP contribution in [-0.2, 0) is 26.5 Å². The third-order valence-electron chi connectivity index (χ3n) is 5.31. The number of carbonyl (C=O) groups is 3. The van der Waals surface area contributed by atoms with Gasteiger partial charge in [0.15, 0.2) is 15.7 Å². The minimum absolute atomic E-state index is 0.0157. The number of hydrogen-bond acceptors (Lipinski definition) is 7. The summed E-state index contributed by atoms with van der Waals surface area (Å²) in [4.78, 5) is 41.3. The van der Waals surface area contributed by atoms with Gasteiger partial charge in [-0.2, -0.15) is 5.10 Å². The van der Waals surface area contributed by atoms with E-state index in [-0.39, 0.29) is 41.7 Å². The Bertz CT molecular complexity index is 1180. The van der Waals surface area contributed by atoms with E-state index in [0.717, 1.165) is 5.01 Å². The summed E-state index contributed by atoms with van der Waals surface area (Å²) >= 11 is 0. The van der Waals surface area contributed by atoms with Crippen molar-refractivity contribution in [3.8, 4) is 0 Å². The lowest BCUT2D eigenvalue weighted by atomic mass is 10.1. The molecule has 1 unspecified atom stereocenters. The predicted molar refractivity (Wildman–Crippen MR) is 112 cm³/mol. The molecule has 1 atom stereocenters. The van der Waals surface area contributed by atoms with E-state index >= 15 is 0 Å². The standard InChI is InChI=1S/C20H21N5O5S/c1-24-10-9-21-19(24)18(27)13-2-4-14(5-3-13)22-20(28)16-6-7-17(26)25(23-16)15-8-11-31(29,30)12-15/h2-5,9-10,15H,6-8,11-12H2,1H3,(H,22,28). The van der Waals surface area contributed by atoms with Gasteiger partial charge in [-0.1, -0.05) is 0 Å². The summed E-state index contributed by atoms with van der Waals surface area (Å²) in [7, 11) is -1.45. The van der Waals surface area contributed by atoms with Crippen LogP contribution in [0.3, 0.4) is 0 Å². The van der Waals surface area contributed by atoms with Crippen LogP contribution in [-0.4, -0.2) is 63.8 Å². The highest BCUT2D eigenvalue weighted by atomic mass is 32.2. The number of hydrogen-bond donors (Lipinski definition) is 1. The molecule has 4 rings (SSSR count). The lowest BCUT2D eigenvalue weighted by Crippen LogP contribution is -2.42. The lowest BCUT2D eigenvalue weighted by molar-refractivity contribution is -0.133. The van der Waals surface area contributed by atoms with E-state index in [2.05, 4.69) is 15.4 Å². The van der Waals surface area contributed by atoms with Crippen molar-refractivity contribution in [3.63, 3.8) is 0 Å². The molecule has 2 aliphatic rings. The number of anilines is 1. The normalized spacial score (nSPS) is 20.4. The molecular formula is C20H21N5O5S. The first-order chi connectivity index (χ1) is 14.7. The maximum Gasteiger partial charge on any atom is 0.271 e. The summed E-state index contributed by atoms with van der Waals surface area (Å²) < 4.78 is 25.1. The molecule has 0 spiro atoms. The third-order valence-corrected chi connectivity index (χ3v) is 7.06. The van der Waals surface area contributed by atoms with Crippen molar-refractivity contribution in [2.45, 2.75) is 25.3 Å². The van der Waals surface area contributed by atoms with Gasteiger partial charge in [0, 0.05) is 43.5 Å². The Morgan fingerprint density at radius 3 is 2.52 bits per heavy atom. The second-order valence-electron chi connectivity index (χ2n) is 7.56. The minimum atomic E-state index is -3.18. The van der Waals surface area contributed by atoms with Gasteiger partial charge in [-0.3, -0.25) is 14.4 Å². The lowest BCUT2D eigenvalue weighted by Gasteiger charge is -2.27. The second-order valence-corrected chi connectivity index (χ2v) is 9.79. The molecule has 0 saturated carbocycles. The van der Waals surface area contributed by atoms with Crippen LogP contribution in [0.2, 0.25) is 0 Å². The number of ketones is 1. The van der Waals surface area contributed by atoms with E-state index < -0.39 is 21.8 Å². The largest absolute Gasteiger partial charge is 0.331 e. The molecule has 2 aromatic rings. The first kappa shape index (κ1) is 20.9. The molecule has 10 nitrogen and oxygen atoms in total. The number of benzene rings is 1. The fourth-order valence-electron chi connectivity index (χ4n) is 3.61. The van der Waals surface area contributed by atoms with Crippen LogP contribution in [0.4, 0.5) is 5.69 Å². The maximum atomic E-state index is 12.6. The highest BCUT2D eigenvalue weighted by Crippen LogP contribution is 2.22. The van der Waals surface area contributed by atoms with E-state index in [0.29, 0.717) is 23.5 Å². The fourth-order valence-corrected chi connectivity index (χ4v) is 5.30. The van der Waals surface area contributed by atoms with Crippen LogP contribution < -0.4 is 5.32 Å². The summed E-state index contributed by atoms with van der Waals surface area (Å²) in [6, 6.07) is 5.86. The van der Waals surface area contributed by atoms with E-state index in [1.807, 2.05) is 0 Å². The van der Waals surface area contributed by atoms with Crippen LogP contribution in [0.15, 0.2) is 41.8 Å². The number of aryl methyl sites for hydroxylation is 1. The average Bonchev–Trinajstić information content (AvgIpc) is 3.33. The van der Waals surface area contributed by atoms with Gasteiger partial charge in [0.05, 0.1) is 17.5 Å². The monoisotopic (exact) mass is 443 g/mol. The molecule has 2 amide bonds. The molecule has 0 bridgehead atoms. The fraction of sp³-hybridized carbons (Fsp3) is 0.350. The molecule has 0 radical (unpaired) electrons. The summed E-state index contributed by atoms with van der Waals surface area (Å²) in [5.74, 6) is -0.795. The summed E-state index contributed by atoms with van der Waals surface area (Å²) in [5.41, 5.74) is 1.06. The van der Waals surface area contributed by atoms with Gasteiger partial charge in [0.1, 0.15) is 5.71 Å². The smallest absolute Gasteiger partial charge is 0.271 e. The van der Waals surface area contributed by atoms with Crippen LogP contribution in [0.1, 0.15) is 35.4 Å². The highest BCUT2D eigenvalue weighted by molar-refractivity contribution is 7.91. The van der Waals surface area contributed by atoms with Crippen molar-refractivity contribution in [2.75, 3.05) is 16.8 Å². The molecule has 31 heavy (non-hydrogen) atoms. The molecule has 1 aromatic carbocycles. The Balaban J connectivity index is 1.45. The number of nitrogens with zero attached hydrogens (tertiary/aromatic N) is 4. The molecule has 11 heteroatoms. The summed E-state index contributed by atoms with van der Waals surface area (Å²) in [6.45, 7) is 0. The topological polar surface area (TPSA) is 131 Å². The Hall–Kier alpha value is -3.34. The maximum absolute atomic E-state index is 12.6. The Labute approximate surface area is 178 Å². The molecule has 3 heterocycles. The number of nitrogens with one attached hydrogen (secondary N) is 1. The van der Waals surface area contributed by atoms with Gasteiger partial charge < -0.3 is 9.88 Å². The van der Waals surface area contributed by atoms with E-state index in [4.69, 9.17) is 0 Å². The van der Waals surface area contributed by atoms with Crippen LogP contribution in [0.5, 0.6) is 0 Å². The molecular weight excluding hydrogens is 422 g/mol. The Kier molecular flexibility index (Phi) is 5.44. The van der Waals surface area contributed by atoms with Crippen molar-refractivity contribution >= 4 is 38.8 Å². The zero-order valence-corrected chi connectivity index (χ0v) is 17.6. The van der Waals surface area contributed by atoms with E-state index in [1.165, 1.54) is 0 Å². The SMILES string of the molecule is Cn1ccnc1C(=O)c1ccc(NC(=O)C2=NN(C3CCS(=O)(=O)C3)C(=O)CC2)cc1. The number of sulfone groups is 1. The van der Waals surface area contributed by atoms with E-state index in [9.17, 15) is 22.8 Å². The molecule has 0 aliphatic carbocycles. The first-order valence-corrected chi connectivity index (χ1v) is 11.6. The number of carbonyl (C=O) groups excluding carboxylic acids is 3. The molecule has 1 saturated heterocycles. The zero-order valence-electron chi connectivity index (χ0n) is 16.8. The molecule has 1 fully saturated rings. The van der Waals surface area contributed by atoms with Crippen molar-refractivity contribution in [2.24, 2.45) is 12.1 Å². The molecule has 1 N–H and O–H groups in total. The zero-order chi connectivity index (χ0) is 22.2. The molecule has 1 aromatic heterocycles. The van der Waals surface area contributed by atoms with Crippen LogP contribution in [0.25, 0.3) is 0 Å². The predicted octanol–water partition coefficient (Wildman–Crippen LogP) is 0.755. The average molecular weight is 443 g/mol. The summed E-state index contributed by atoms with van der Waals surface area (Å²) in [6.07, 6.45) is 3.82. The van der Waals surface area contributed by atoms with Crippen molar-refractivity contribution in [3.05, 3.63) is 48.0 Å². The van der Waals surface area contributed by atoms with Crippen LogP contribution >= 0.6 is 0 Å². The van der Waals surface area contributed by atoms with Gasteiger partial charge in [-0.05, 0) is 30.7 Å². The van der Waals surface area contributed by atoms with Gasteiger partial charge >= 0.3 is 0 Å². The quantitative estimate of drug-likeness (QED) is 0.679. The Morgan fingerprint density at radius 1 is 1.16 bits per heavy atom. The van der Waals surface area contributed by atoms with Crippen molar-refractivity contribution < 1.29 is 22.8 Å². The van der Waals surface area contributed by atoms with Gasteiger partial charge in [0.2, 0.25) is 11.7 Å². The first-order valence-electron chi connectivity index (χ1n) is 9.77. The molecule has 2 aliphatic heterocycles. The van der Waals surface area contributed by atoms with Gasteiger partial charge in [-0.15, -0.1) is 0 Å². The number of rotatable bonds is 5. The number of imidazole rings is 1. The molecule has 162 valence electrons. The summed E-state index contributed by atoms with van der Waals surface area (Å²) in [5, 5.41) is 8.01. The van der Waals surface area contributed by atoms with Gasteiger partial charge in [0.25, 0.3) is 5.91 Å². The minimum Gasteiger partial charge on any atom is -0.331 e. The number of hydrazone groups is 1. The number of aromatic nitrogens is 2. The Morgan fingerprint density at radius 2 is 1.90 bits per heavy atom. The highest BCUT2D eigenvalue weighted by Gasteiger charge is 2.37. The number of amides is 2. The third kappa shape index (κ3) is 4.41. The van der Waals surface area contributed by atoms with Crippen LogP contribution in [0, 0.1) is 0 Å². The van der Waals surface area contributed by atoms with Crippen molar-refractivity contribution in [1.29, 1.82) is 0 Å². The second kappa shape index (κ2) is 8.06. The van der Waals surface area contributed by atoms with Gasteiger partial charge in [-0.25, -0.2) is 18.4 Å². The van der Waals surface area contributed by atoms with Crippen molar-refractivity contribution in [1.82, 2.24) is 14.6 Å².